The Labute approximate surface area is 127 Å². The molecule has 0 bridgehead atoms. The van der Waals surface area contributed by atoms with E-state index >= 15 is 0 Å². The van der Waals surface area contributed by atoms with Gasteiger partial charge in [-0.2, -0.15) is 0 Å². The van der Waals surface area contributed by atoms with Gasteiger partial charge in [-0.15, -0.1) is 0 Å². The maximum Gasteiger partial charge on any atom is 0.128 e. The minimum atomic E-state index is -0.208. The van der Waals surface area contributed by atoms with Gasteiger partial charge in [0, 0.05) is 11.1 Å². The number of nitrogens with one attached hydrogen (secondary N) is 1. The van der Waals surface area contributed by atoms with Crippen LogP contribution in [0.3, 0.4) is 0 Å². The minimum absolute atomic E-state index is 0.177. The number of nitrogens with two attached hydrogens (primary N) is 1. The largest absolute Gasteiger partial charge is 0.296 e. The first-order chi connectivity index (χ1) is 10.0. The highest BCUT2D eigenvalue weighted by Gasteiger charge is 2.40. The summed E-state index contributed by atoms with van der Waals surface area (Å²) in [7, 11) is 0. The van der Waals surface area contributed by atoms with E-state index in [2.05, 4.69) is 24.2 Å². The zero-order chi connectivity index (χ0) is 15.5. The monoisotopic (exact) mass is 293 g/mol. The zero-order valence-electron chi connectivity index (χ0n) is 13.5. The molecule has 1 aliphatic rings. The predicted octanol–water partition coefficient (Wildman–Crippen LogP) is 3.29. The van der Waals surface area contributed by atoms with Crippen LogP contribution in [0.15, 0.2) is 18.2 Å². The second-order valence-electron chi connectivity index (χ2n) is 6.38. The van der Waals surface area contributed by atoms with Crippen molar-refractivity contribution in [3.8, 4) is 0 Å². The van der Waals surface area contributed by atoms with Gasteiger partial charge in [0.25, 0.3) is 0 Å². The number of hydrazine groups is 1. The zero-order valence-corrected chi connectivity index (χ0v) is 13.5. The molecule has 3 N–H and O–H groups in total. The van der Waals surface area contributed by atoms with Gasteiger partial charge in [0.15, 0.2) is 0 Å². The van der Waals surface area contributed by atoms with Crippen molar-refractivity contribution in [2.45, 2.75) is 58.0 Å². The summed E-state index contributed by atoms with van der Waals surface area (Å²) in [6.07, 6.45) is 4.64. The summed E-state index contributed by atoms with van der Waals surface area (Å²) in [6.45, 7) is 8.48. The van der Waals surface area contributed by atoms with Crippen LogP contribution in [0.25, 0.3) is 0 Å². The summed E-state index contributed by atoms with van der Waals surface area (Å²) in [5, 5.41) is 0. The second kappa shape index (κ2) is 6.86. The van der Waals surface area contributed by atoms with Crippen molar-refractivity contribution in [3.05, 3.63) is 35.1 Å². The Morgan fingerprint density at radius 3 is 2.57 bits per heavy atom. The molecular formula is C17H28FN3. The first-order valence-electron chi connectivity index (χ1n) is 8.00. The Hall–Kier alpha value is -0.970. The lowest BCUT2D eigenvalue weighted by molar-refractivity contribution is 0.0413. The Balaban J connectivity index is 2.38. The molecule has 1 heterocycles. The molecule has 0 aliphatic carbocycles. The van der Waals surface area contributed by atoms with E-state index in [4.69, 9.17) is 5.84 Å². The Morgan fingerprint density at radius 1 is 1.33 bits per heavy atom. The number of likely N-dealkylation sites (tertiary alicyclic amines) is 1. The van der Waals surface area contributed by atoms with Crippen LogP contribution in [0.4, 0.5) is 4.39 Å². The lowest BCUT2D eigenvalue weighted by Gasteiger charge is -2.48. The molecule has 118 valence electrons. The molecule has 0 radical (unpaired) electrons. The van der Waals surface area contributed by atoms with Crippen molar-refractivity contribution in [2.75, 3.05) is 13.1 Å². The number of rotatable bonds is 5. The molecule has 0 saturated carbocycles. The Kier molecular flexibility index (Phi) is 5.36. The van der Waals surface area contributed by atoms with Gasteiger partial charge in [0.05, 0.1) is 6.04 Å². The molecular weight excluding hydrogens is 265 g/mol. The molecule has 1 aromatic carbocycles. The normalized spacial score (nSPS) is 21.0. The van der Waals surface area contributed by atoms with Gasteiger partial charge in [-0.05, 0) is 52.3 Å². The van der Waals surface area contributed by atoms with E-state index in [1.807, 2.05) is 13.0 Å². The molecule has 0 aromatic heterocycles. The molecule has 2 rings (SSSR count). The smallest absolute Gasteiger partial charge is 0.128 e. The fraction of sp³-hybridized carbons (Fsp3) is 0.647. The van der Waals surface area contributed by atoms with Crippen molar-refractivity contribution >= 4 is 0 Å². The van der Waals surface area contributed by atoms with Gasteiger partial charge in [0.1, 0.15) is 5.82 Å². The third-order valence-electron chi connectivity index (χ3n) is 5.05. The number of halogens is 1. The quantitative estimate of drug-likeness (QED) is 0.646. The van der Waals surface area contributed by atoms with Crippen LogP contribution in [-0.2, 0) is 0 Å². The third-order valence-corrected chi connectivity index (χ3v) is 5.05. The van der Waals surface area contributed by atoms with Crippen LogP contribution in [-0.4, -0.2) is 23.5 Å². The van der Waals surface area contributed by atoms with E-state index in [-0.39, 0.29) is 17.4 Å². The summed E-state index contributed by atoms with van der Waals surface area (Å²) < 4.78 is 14.3. The Bertz CT molecular complexity index is 471. The van der Waals surface area contributed by atoms with Crippen LogP contribution >= 0.6 is 0 Å². The first kappa shape index (κ1) is 16.4. The van der Waals surface area contributed by atoms with Crippen LogP contribution in [0.2, 0.25) is 0 Å². The van der Waals surface area contributed by atoms with Crippen molar-refractivity contribution in [1.82, 2.24) is 10.3 Å². The van der Waals surface area contributed by atoms with Crippen molar-refractivity contribution in [2.24, 2.45) is 5.84 Å². The lowest BCUT2D eigenvalue weighted by atomic mass is 9.81. The maximum atomic E-state index is 14.3. The highest BCUT2D eigenvalue weighted by atomic mass is 19.1. The van der Waals surface area contributed by atoms with Crippen molar-refractivity contribution in [3.63, 3.8) is 0 Å². The number of benzene rings is 1. The molecule has 2 atom stereocenters. The average molecular weight is 293 g/mol. The number of nitrogens with zero attached hydrogens (tertiary/aromatic N) is 1. The van der Waals surface area contributed by atoms with Crippen LogP contribution < -0.4 is 11.3 Å². The molecule has 4 heteroatoms. The summed E-state index contributed by atoms with van der Waals surface area (Å²) >= 11 is 0. The molecule has 1 saturated heterocycles. The standard InChI is InChI=1S/C17H28FN3/c1-4-17(3,21-10-6-5-7-11-21)16(20-19)14-12-13(2)8-9-15(14)18/h8-9,12,16,20H,4-7,10-11,19H2,1-3H3. The van der Waals surface area contributed by atoms with Gasteiger partial charge < -0.3 is 0 Å². The van der Waals surface area contributed by atoms with E-state index in [1.165, 1.54) is 19.3 Å². The third kappa shape index (κ3) is 3.28. The van der Waals surface area contributed by atoms with Gasteiger partial charge >= 0.3 is 0 Å². The van der Waals surface area contributed by atoms with Crippen LogP contribution in [0.5, 0.6) is 0 Å². The number of aryl methyl sites for hydroxylation is 1. The number of hydrogen-bond donors (Lipinski definition) is 2. The van der Waals surface area contributed by atoms with Gasteiger partial charge in [0.2, 0.25) is 0 Å². The van der Waals surface area contributed by atoms with E-state index in [0.29, 0.717) is 5.56 Å². The van der Waals surface area contributed by atoms with Crippen LogP contribution in [0.1, 0.15) is 56.7 Å². The highest BCUT2D eigenvalue weighted by molar-refractivity contribution is 5.29. The molecule has 21 heavy (non-hydrogen) atoms. The van der Waals surface area contributed by atoms with E-state index in [9.17, 15) is 4.39 Å². The first-order valence-corrected chi connectivity index (χ1v) is 8.00. The van der Waals surface area contributed by atoms with E-state index < -0.39 is 0 Å². The van der Waals surface area contributed by atoms with Crippen molar-refractivity contribution in [1.29, 1.82) is 0 Å². The number of piperidine rings is 1. The number of hydrogen-bond acceptors (Lipinski definition) is 3. The van der Waals surface area contributed by atoms with Crippen molar-refractivity contribution < 1.29 is 4.39 Å². The summed E-state index contributed by atoms with van der Waals surface area (Å²) in [5.41, 5.74) is 4.45. The fourth-order valence-corrected chi connectivity index (χ4v) is 3.50. The Morgan fingerprint density at radius 2 is 2.00 bits per heavy atom. The average Bonchev–Trinajstić information content (AvgIpc) is 2.52. The predicted molar refractivity (Wildman–Crippen MR) is 85.3 cm³/mol. The van der Waals surface area contributed by atoms with Crippen LogP contribution in [0, 0.1) is 12.7 Å². The van der Waals surface area contributed by atoms with E-state index in [0.717, 1.165) is 25.1 Å². The fourth-order valence-electron chi connectivity index (χ4n) is 3.50. The molecule has 3 nitrogen and oxygen atoms in total. The summed E-state index contributed by atoms with van der Waals surface area (Å²) in [5.74, 6) is 5.67. The topological polar surface area (TPSA) is 41.3 Å². The molecule has 0 spiro atoms. The molecule has 0 amide bonds. The van der Waals surface area contributed by atoms with Gasteiger partial charge in [-0.25, -0.2) is 4.39 Å². The molecule has 1 fully saturated rings. The summed E-state index contributed by atoms with van der Waals surface area (Å²) in [4.78, 5) is 2.48. The maximum absolute atomic E-state index is 14.3. The van der Waals surface area contributed by atoms with Gasteiger partial charge in [-0.1, -0.05) is 31.0 Å². The molecule has 1 aliphatic heterocycles. The van der Waals surface area contributed by atoms with Gasteiger partial charge in [-0.3, -0.25) is 16.2 Å². The highest BCUT2D eigenvalue weighted by Crippen LogP contribution is 2.36. The van der Waals surface area contributed by atoms with E-state index in [1.54, 1.807) is 12.1 Å². The molecule has 1 aromatic rings. The minimum Gasteiger partial charge on any atom is -0.296 e. The SMILES string of the molecule is CCC(C)(C(NN)c1cc(C)ccc1F)N1CCCCC1. The second-order valence-corrected chi connectivity index (χ2v) is 6.38. The molecule has 2 unspecified atom stereocenters. The summed E-state index contributed by atoms with van der Waals surface area (Å²) in [6, 6.07) is 5.05. The lowest BCUT2D eigenvalue weighted by Crippen LogP contribution is -2.57.